The molecular weight excluding hydrogens is 304 g/mol. The molecule has 7 heteroatoms. The van der Waals surface area contributed by atoms with Crippen molar-refractivity contribution in [2.75, 3.05) is 26.2 Å². The average molecular weight is 323 g/mol. The van der Waals surface area contributed by atoms with E-state index >= 15 is 0 Å². The summed E-state index contributed by atoms with van der Waals surface area (Å²) in [5.41, 5.74) is -0.325. The molecule has 0 saturated carbocycles. The number of piperidine rings is 1. The highest BCUT2D eigenvalue weighted by atomic mass is 35.5. The predicted octanol–water partition coefficient (Wildman–Crippen LogP) is 1.82. The van der Waals surface area contributed by atoms with E-state index in [-0.39, 0.29) is 0 Å². The Morgan fingerprint density at radius 3 is 3.14 bits per heavy atom. The van der Waals surface area contributed by atoms with E-state index in [0.717, 1.165) is 25.3 Å². The maximum atomic E-state index is 10.7. The van der Waals surface area contributed by atoms with Crippen molar-refractivity contribution in [3.8, 4) is 5.75 Å². The van der Waals surface area contributed by atoms with Gasteiger partial charge in [0.25, 0.3) is 0 Å². The molecule has 0 bridgehead atoms. The van der Waals surface area contributed by atoms with Gasteiger partial charge in [-0.2, -0.15) is 15.4 Å². The summed E-state index contributed by atoms with van der Waals surface area (Å²) in [7, 11) is 0. The van der Waals surface area contributed by atoms with Crippen LogP contribution in [0.15, 0.2) is 30.5 Å². The van der Waals surface area contributed by atoms with Crippen molar-refractivity contribution in [2.24, 2.45) is 0 Å². The van der Waals surface area contributed by atoms with Gasteiger partial charge in [-0.3, -0.25) is 4.90 Å². The molecule has 2 N–H and O–H groups in total. The lowest BCUT2D eigenvalue weighted by Crippen LogP contribution is -2.47. The second kappa shape index (κ2) is 6.64. The lowest BCUT2D eigenvalue weighted by atomic mass is 9.90. The van der Waals surface area contributed by atoms with Crippen molar-refractivity contribution < 1.29 is 9.84 Å². The number of aromatic nitrogens is 3. The quantitative estimate of drug-likeness (QED) is 0.878. The smallest absolute Gasteiger partial charge is 0.123 e. The van der Waals surface area contributed by atoms with Crippen molar-refractivity contribution in [1.82, 2.24) is 20.3 Å². The fourth-order valence-corrected chi connectivity index (χ4v) is 2.98. The van der Waals surface area contributed by atoms with Crippen molar-refractivity contribution in [3.05, 3.63) is 41.2 Å². The molecular formula is C15H19ClN4O2. The number of nitrogens with one attached hydrogen (secondary N) is 1. The molecule has 1 fully saturated rings. The highest BCUT2D eigenvalue weighted by Gasteiger charge is 2.36. The second-order valence-corrected chi connectivity index (χ2v) is 6.01. The van der Waals surface area contributed by atoms with Crippen LogP contribution in [0.1, 0.15) is 18.5 Å². The van der Waals surface area contributed by atoms with E-state index in [0.29, 0.717) is 30.3 Å². The van der Waals surface area contributed by atoms with Gasteiger partial charge in [0.15, 0.2) is 0 Å². The van der Waals surface area contributed by atoms with Crippen LogP contribution in [0.3, 0.4) is 0 Å². The fourth-order valence-electron chi connectivity index (χ4n) is 2.80. The van der Waals surface area contributed by atoms with Crippen molar-refractivity contribution in [3.63, 3.8) is 0 Å². The SMILES string of the molecule is O[C@]1(c2cn[nH]n2)CCCN(CCOc2cccc(Cl)c2)C1. The maximum absolute atomic E-state index is 10.7. The first kappa shape index (κ1) is 15.3. The second-order valence-electron chi connectivity index (χ2n) is 5.57. The zero-order valence-corrected chi connectivity index (χ0v) is 13.0. The molecule has 1 saturated heterocycles. The number of halogens is 1. The summed E-state index contributed by atoms with van der Waals surface area (Å²) in [6, 6.07) is 7.36. The lowest BCUT2D eigenvalue weighted by Gasteiger charge is -2.37. The van der Waals surface area contributed by atoms with Gasteiger partial charge in [-0.1, -0.05) is 17.7 Å². The Morgan fingerprint density at radius 1 is 1.45 bits per heavy atom. The van der Waals surface area contributed by atoms with E-state index in [9.17, 15) is 5.11 Å². The van der Waals surface area contributed by atoms with Crippen LogP contribution < -0.4 is 4.74 Å². The molecule has 118 valence electrons. The van der Waals surface area contributed by atoms with Crippen LogP contribution in [0.25, 0.3) is 0 Å². The van der Waals surface area contributed by atoms with Gasteiger partial charge in [-0.05, 0) is 37.6 Å². The van der Waals surface area contributed by atoms with Crippen LogP contribution in [0.2, 0.25) is 5.02 Å². The third-order valence-electron chi connectivity index (χ3n) is 3.91. The van der Waals surface area contributed by atoms with E-state index < -0.39 is 5.60 Å². The first-order chi connectivity index (χ1) is 10.7. The van der Waals surface area contributed by atoms with E-state index in [4.69, 9.17) is 16.3 Å². The van der Waals surface area contributed by atoms with Crippen LogP contribution in [-0.4, -0.2) is 51.7 Å². The molecule has 0 amide bonds. The summed E-state index contributed by atoms with van der Waals surface area (Å²) in [4.78, 5) is 2.18. The summed E-state index contributed by atoms with van der Waals surface area (Å²) in [5.74, 6) is 0.760. The molecule has 0 spiro atoms. The standard InChI is InChI=1S/C15H19ClN4O2/c16-12-3-1-4-13(9-12)22-8-7-20-6-2-5-15(21,11-20)14-10-17-19-18-14/h1,3-4,9-10,21H,2,5-8,11H2,(H,17,18,19)/t15-/m1/s1. The van der Waals surface area contributed by atoms with Gasteiger partial charge >= 0.3 is 0 Å². The van der Waals surface area contributed by atoms with Gasteiger partial charge in [0, 0.05) is 18.1 Å². The number of H-pyrrole nitrogens is 1. The van der Waals surface area contributed by atoms with Crippen LogP contribution in [0.5, 0.6) is 5.75 Å². The Balaban J connectivity index is 1.53. The number of benzene rings is 1. The number of ether oxygens (including phenoxy) is 1. The molecule has 1 aromatic carbocycles. The van der Waals surface area contributed by atoms with E-state index in [1.54, 1.807) is 12.3 Å². The third kappa shape index (κ3) is 3.58. The number of hydrogen-bond donors (Lipinski definition) is 2. The number of rotatable bonds is 5. The van der Waals surface area contributed by atoms with Gasteiger partial charge in [0.2, 0.25) is 0 Å². The Labute approximate surface area is 134 Å². The zero-order chi connectivity index (χ0) is 15.4. The largest absolute Gasteiger partial charge is 0.492 e. The highest BCUT2D eigenvalue weighted by Crippen LogP contribution is 2.29. The van der Waals surface area contributed by atoms with E-state index in [1.165, 1.54) is 0 Å². The Bertz CT molecular complexity index is 607. The number of likely N-dealkylation sites (tertiary alicyclic amines) is 1. The minimum absolute atomic E-state index is 0.540. The molecule has 2 aromatic rings. The number of nitrogens with zero attached hydrogens (tertiary/aromatic N) is 3. The molecule has 0 radical (unpaired) electrons. The first-order valence-corrected chi connectivity index (χ1v) is 7.73. The van der Waals surface area contributed by atoms with Crippen LogP contribution in [-0.2, 0) is 5.60 Å². The van der Waals surface area contributed by atoms with E-state index in [1.807, 2.05) is 18.2 Å². The minimum atomic E-state index is -0.929. The predicted molar refractivity (Wildman–Crippen MR) is 82.9 cm³/mol. The van der Waals surface area contributed by atoms with Crippen molar-refractivity contribution in [2.45, 2.75) is 18.4 Å². The fraction of sp³-hybridized carbons (Fsp3) is 0.467. The topological polar surface area (TPSA) is 74.3 Å². The molecule has 22 heavy (non-hydrogen) atoms. The zero-order valence-electron chi connectivity index (χ0n) is 12.2. The van der Waals surface area contributed by atoms with Crippen molar-refractivity contribution in [1.29, 1.82) is 0 Å². The summed E-state index contributed by atoms with van der Waals surface area (Å²) in [6.45, 7) is 2.78. The summed E-state index contributed by atoms with van der Waals surface area (Å²) in [6.07, 6.45) is 3.21. The first-order valence-electron chi connectivity index (χ1n) is 7.35. The van der Waals surface area contributed by atoms with Crippen LogP contribution in [0.4, 0.5) is 0 Å². The Morgan fingerprint density at radius 2 is 2.36 bits per heavy atom. The maximum Gasteiger partial charge on any atom is 0.123 e. The Hall–Kier alpha value is -1.63. The Kier molecular flexibility index (Phi) is 4.61. The van der Waals surface area contributed by atoms with Gasteiger partial charge in [-0.25, -0.2) is 0 Å². The molecule has 3 rings (SSSR count). The van der Waals surface area contributed by atoms with E-state index in [2.05, 4.69) is 20.3 Å². The average Bonchev–Trinajstić information content (AvgIpc) is 3.02. The number of aromatic amines is 1. The monoisotopic (exact) mass is 322 g/mol. The van der Waals surface area contributed by atoms with Crippen LogP contribution >= 0.6 is 11.6 Å². The summed E-state index contributed by atoms with van der Waals surface area (Å²) >= 11 is 5.93. The number of aliphatic hydroxyl groups is 1. The van der Waals surface area contributed by atoms with Gasteiger partial charge in [0.1, 0.15) is 23.7 Å². The molecule has 1 aliphatic rings. The highest BCUT2D eigenvalue weighted by molar-refractivity contribution is 6.30. The molecule has 1 aliphatic heterocycles. The summed E-state index contributed by atoms with van der Waals surface area (Å²) < 4.78 is 5.71. The molecule has 6 nitrogen and oxygen atoms in total. The van der Waals surface area contributed by atoms with Gasteiger partial charge in [0.05, 0.1) is 6.20 Å². The van der Waals surface area contributed by atoms with Crippen LogP contribution in [0, 0.1) is 0 Å². The molecule has 2 heterocycles. The number of β-amino-alcohol motifs (C(OH)–C–C–N with tert-alkyl or cyclic N) is 1. The van der Waals surface area contributed by atoms with Gasteiger partial charge in [-0.15, -0.1) is 0 Å². The molecule has 0 unspecified atom stereocenters. The number of hydrogen-bond acceptors (Lipinski definition) is 5. The van der Waals surface area contributed by atoms with Gasteiger partial charge < -0.3 is 9.84 Å². The lowest BCUT2D eigenvalue weighted by molar-refractivity contribution is -0.0412. The molecule has 1 aromatic heterocycles. The normalized spacial score (nSPS) is 22.6. The van der Waals surface area contributed by atoms with Crippen molar-refractivity contribution >= 4 is 11.6 Å². The molecule has 1 atom stereocenters. The summed E-state index contributed by atoms with van der Waals surface area (Å²) in [5, 5.41) is 21.8. The third-order valence-corrected chi connectivity index (χ3v) is 4.15. The minimum Gasteiger partial charge on any atom is -0.492 e. The molecule has 0 aliphatic carbocycles.